The van der Waals surface area contributed by atoms with E-state index in [4.69, 9.17) is 17.3 Å². The number of hydrogen-bond acceptors (Lipinski definition) is 3. The number of nitrogens with zero attached hydrogens (tertiary/aromatic N) is 1. The van der Waals surface area contributed by atoms with E-state index < -0.39 is 5.54 Å². The molecule has 1 aliphatic heterocycles. The van der Waals surface area contributed by atoms with Gasteiger partial charge < -0.3 is 15.7 Å². The van der Waals surface area contributed by atoms with Crippen LogP contribution in [0.15, 0.2) is 12.1 Å². The summed E-state index contributed by atoms with van der Waals surface area (Å²) in [5.74, 6) is 0. The van der Waals surface area contributed by atoms with E-state index in [1.165, 1.54) is 11.1 Å². The lowest BCUT2D eigenvalue weighted by atomic mass is 9.89. The Balaban J connectivity index is 2.20. The number of piperidine rings is 1. The van der Waals surface area contributed by atoms with Crippen LogP contribution >= 0.6 is 11.6 Å². The Labute approximate surface area is 114 Å². The summed E-state index contributed by atoms with van der Waals surface area (Å²) >= 11 is 6.35. The Bertz CT molecular complexity index is 416. The summed E-state index contributed by atoms with van der Waals surface area (Å²) in [4.78, 5) is 2.28. The van der Waals surface area contributed by atoms with Crippen LogP contribution in [0.4, 0.5) is 5.69 Å². The summed E-state index contributed by atoms with van der Waals surface area (Å²) in [6.07, 6.45) is 1.60. The van der Waals surface area contributed by atoms with Crippen molar-refractivity contribution in [2.75, 3.05) is 24.6 Å². The summed E-state index contributed by atoms with van der Waals surface area (Å²) in [5.41, 5.74) is 9.17. The van der Waals surface area contributed by atoms with Crippen LogP contribution in [0, 0.1) is 13.8 Å². The van der Waals surface area contributed by atoms with Crippen molar-refractivity contribution in [3.05, 3.63) is 28.3 Å². The van der Waals surface area contributed by atoms with Gasteiger partial charge in [0, 0.05) is 18.6 Å². The maximum absolute atomic E-state index is 9.28. The molecule has 0 unspecified atom stereocenters. The second-order valence-corrected chi connectivity index (χ2v) is 5.83. The third kappa shape index (κ3) is 2.63. The fourth-order valence-electron chi connectivity index (χ4n) is 2.64. The largest absolute Gasteiger partial charge is 0.394 e. The smallest absolute Gasteiger partial charge is 0.0644 e. The lowest BCUT2D eigenvalue weighted by Crippen LogP contribution is -2.53. The Morgan fingerprint density at radius 3 is 2.44 bits per heavy atom. The SMILES string of the molecule is Cc1cc(C)c(N2CCC(N)(CO)CC2)c(Cl)c1. The van der Waals surface area contributed by atoms with Crippen LogP contribution in [-0.2, 0) is 0 Å². The number of hydrogen-bond donors (Lipinski definition) is 2. The highest BCUT2D eigenvalue weighted by molar-refractivity contribution is 6.33. The van der Waals surface area contributed by atoms with Gasteiger partial charge in [0.15, 0.2) is 0 Å². The van der Waals surface area contributed by atoms with Gasteiger partial charge in [0.2, 0.25) is 0 Å². The van der Waals surface area contributed by atoms with E-state index in [9.17, 15) is 5.11 Å². The molecule has 18 heavy (non-hydrogen) atoms. The summed E-state index contributed by atoms with van der Waals surface area (Å²) in [6.45, 7) is 5.89. The molecule has 0 spiro atoms. The molecule has 1 aromatic rings. The Morgan fingerprint density at radius 2 is 1.94 bits per heavy atom. The average molecular weight is 269 g/mol. The van der Waals surface area contributed by atoms with Crippen LogP contribution in [0.1, 0.15) is 24.0 Å². The van der Waals surface area contributed by atoms with Crippen LogP contribution in [-0.4, -0.2) is 30.3 Å². The summed E-state index contributed by atoms with van der Waals surface area (Å²) in [7, 11) is 0. The molecule has 2 rings (SSSR count). The third-order valence-corrected chi connectivity index (χ3v) is 4.08. The first-order chi connectivity index (χ1) is 8.45. The number of aliphatic hydroxyl groups excluding tert-OH is 1. The number of anilines is 1. The lowest BCUT2D eigenvalue weighted by molar-refractivity contribution is 0.170. The molecular weight excluding hydrogens is 248 g/mol. The monoisotopic (exact) mass is 268 g/mol. The van der Waals surface area contributed by atoms with Gasteiger partial charge in [-0.05, 0) is 43.9 Å². The number of aryl methyl sites for hydroxylation is 2. The van der Waals surface area contributed by atoms with Crippen LogP contribution in [0.2, 0.25) is 5.02 Å². The standard InChI is InChI=1S/C14H21ClN2O/c1-10-7-11(2)13(12(15)8-10)17-5-3-14(16,9-18)4-6-17/h7-8,18H,3-6,9,16H2,1-2H3. The van der Waals surface area contributed by atoms with Gasteiger partial charge in [-0.25, -0.2) is 0 Å². The molecule has 3 nitrogen and oxygen atoms in total. The molecule has 4 heteroatoms. The quantitative estimate of drug-likeness (QED) is 0.865. The first-order valence-corrected chi connectivity index (χ1v) is 6.74. The normalized spacial score (nSPS) is 19.1. The van der Waals surface area contributed by atoms with Crippen molar-refractivity contribution in [3.8, 4) is 0 Å². The van der Waals surface area contributed by atoms with Crippen LogP contribution in [0.3, 0.4) is 0 Å². The highest BCUT2D eigenvalue weighted by Gasteiger charge is 2.31. The molecular formula is C14H21ClN2O. The van der Waals surface area contributed by atoms with E-state index in [0.717, 1.165) is 36.6 Å². The van der Waals surface area contributed by atoms with Crippen molar-refractivity contribution >= 4 is 17.3 Å². The second kappa shape index (κ2) is 5.08. The molecule has 1 fully saturated rings. The van der Waals surface area contributed by atoms with Gasteiger partial charge in [-0.2, -0.15) is 0 Å². The topological polar surface area (TPSA) is 49.5 Å². The van der Waals surface area contributed by atoms with Gasteiger partial charge in [0.25, 0.3) is 0 Å². The van der Waals surface area contributed by atoms with Crippen molar-refractivity contribution in [2.45, 2.75) is 32.2 Å². The Kier molecular flexibility index (Phi) is 3.85. The molecule has 0 bridgehead atoms. The van der Waals surface area contributed by atoms with Gasteiger partial charge in [0.1, 0.15) is 0 Å². The van der Waals surface area contributed by atoms with Crippen LogP contribution < -0.4 is 10.6 Å². The van der Waals surface area contributed by atoms with E-state index in [1.54, 1.807) is 0 Å². The van der Waals surface area contributed by atoms with Crippen molar-refractivity contribution in [1.29, 1.82) is 0 Å². The van der Waals surface area contributed by atoms with E-state index >= 15 is 0 Å². The van der Waals surface area contributed by atoms with Crippen molar-refractivity contribution < 1.29 is 5.11 Å². The highest BCUT2D eigenvalue weighted by Crippen LogP contribution is 2.34. The van der Waals surface area contributed by atoms with Crippen molar-refractivity contribution in [3.63, 3.8) is 0 Å². The molecule has 0 aliphatic carbocycles. The number of halogens is 1. The molecule has 0 radical (unpaired) electrons. The predicted octanol–water partition coefficient (Wildman–Crippen LogP) is 2.25. The van der Waals surface area contributed by atoms with E-state index in [0.29, 0.717) is 0 Å². The van der Waals surface area contributed by atoms with Crippen LogP contribution in [0.5, 0.6) is 0 Å². The molecule has 0 aromatic heterocycles. The van der Waals surface area contributed by atoms with Gasteiger partial charge in [-0.15, -0.1) is 0 Å². The van der Waals surface area contributed by atoms with Crippen LogP contribution in [0.25, 0.3) is 0 Å². The maximum Gasteiger partial charge on any atom is 0.0644 e. The lowest BCUT2D eigenvalue weighted by Gasteiger charge is -2.40. The minimum absolute atomic E-state index is 0.0570. The molecule has 0 atom stereocenters. The Morgan fingerprint density at radius 1 is 1.33 bits per heavy atom. The molecule has 1 saturated heterocycles. The van der Waals surface area contributed by atoms with Gasteiger partial charge in [-0.3, -0.25) is 0 Å². The first-order valence-electron chi connectivity index (χ1n) is 6.37. The maximum atomic E-state index is 9.28. The molecule has 0 amide bonds. The number of rotatable bonds is 2. The zero-order chi connectivity index (χ0) is 13.3. The predicted molar refractivity (Wildman–Crippen MR) is 76.4 cm³/mol. The minimum Gasteiger partial charge on any atom is -0.394 e. The number of nitrogens with two attached hydrogens (primary N) is 1. The second-order valence-electron chi connectivity index (χ2n) is 5.42. The summed E-state index contributed by atoms with van der Waals surface area (Å²) in [6, 6.07) is 4.15. The van der Waals surface area contributed by atoms with E-state index in [-0.39, 0.29) is 6.61 Å². The summed E-state index contributed by atoms with van der Waals surface area (Å²) in [5, 5.41) is 10.1. The summed E-state index contributed by atoms with van der Waals surface area (Å²) < 4.78 is 0. The van der Waals surface area contributed by atoms with Gasteiger partial charge in [0.05, 0.1) is 17.3 Å². The fourth-order valence-corrected chi connectivity index (χ4v) is 3.08. The van der Waals surface area contributed by atoms with Gasteiger partial charge in [-0.1, -0.05) is 17.7 Å². The zero-order valence-electron chi connectivity index (χ0n) is 11.0. The molecule has 100 valence electrons. The fraction of sp³-hybridized carbons (Fsp3) is 0.571. The van der Waals surface area contributed by atoms with Crippen molar-refractivity contribution in [2.24, 2.45) is 5.73 Å². The number of benzene rings is 1. The Hall–Kier alpha value is -0.770. The van der Waals surface area contributed by atoms with Gasteiger partial charge >= 0.3 is 0 Å². The third-order valence-electron chi connectivity index (χ3n) is 3.79. The molecule has 3 N–H and O–H groups in total. The minimum atomic E-state index is -0.415. The molecule has 1 aliphatic rings. The highest BCUT2D eigenvalue weighted by atomic mass is 35.5. The first kappa shape index (κ1) is 13.7. The van der Waals surface area contributed by atoms with Crippen molar-refractivity contribution in [1.82, 2.24) is 0 Å². The molecule has 1 aromatic carbocycles. The van der Waals surface area contributed by atoms with E-state index in [1.807, 2.05) is 6.07 Å². The molecule has 0 saturated carbocycles. The average Bonchev–Trinajstić information content (AvgIpc) is 2.30. The number of aliphatic hydroxyl groups is 1. The molecule has 1 heterocycles. The van der Waals surface area contributed by atoms with E-state index in [2.05, 4.69) is 24.8 Å². The zero-order valence-corrected chi connectivity index (χ0v) is 11.8.